The van der Waals surface area contributed by atoms with E-state index in [1.807, 2.05) is 41.4 Å². The highest BCUT2D eigenvalue weighted by Gasteiger charge is 2.21. The monoisotopic (exact) mass is 326 g/mol. The number of hydrogen-bond acceptors (Lipinski definition) is 4. The Morgan fingerprint density at radius 2 is 2.04 bits per heavy atom. The van der Waals surface area contributed by atoms with Gasteiger partial charge in [0.25, 0.3) is 0 Å². The van der Waals surface area contributed by atoms with E-state index in [1.165, 1.54) is 5.56 Å². The Morgan fingerprint density at radius 3 is 2.75 bits per heavy atom. The molecule has 0 bridgehead atoms. The van der Waals surface area contributed by atoms with Gasteiger partial charge in [0.05, 0.1) is 7.11 Å². The van der Waals surface area contributed by atoms with Crippen LogP contribution in [0.2, 0.25) is 0 Å². The van der Waals surface area contributed by atoms with E-state index in [1.54, 1.807) is 13.3 Å². The first-order valence-corrected chi connectivity index (χ1v) is 8.06. The summed E-state index contributed by atoms with van der Waals surface area (Å²) in [4.78, 5) is 20.7. The Hall–Kier alpha value is -2.60. The minimum Gasteiger partial charge on any atom is -0.497 e. The van der Waals surface area contributed by atoms with Gasteiger partial charge in [-0.1, -0.05) is 12.1 Å². The maximum atomic E-state index is 12.4. The van der Waals surface area contributed by atoms with Crippen LogP contribution in [0.25, 0.3) is 0 Å². The van der Waals surface area contributed by atoms with Gasteiger partial charge in [-0.15, -0.1) is 0 Å². The summed E-state index contributed by atoms with van der Waals surface area (Å²) < 4.78 is 5.18. The predicted octanol–water partition coefficient (Wildman–Crippen LogP) is 2.44. The largest absolute Gasteiger partial charge is 0.497 e. The first kappa shape index (κ1) is 16.3. The molecule has 0 saturated carbocycles. The van der Waals surface area contributed by atoms with Gasteiger partial charge in [0.1, 0.15) is 5.75 Å². The maximum absolute atomic E-state index is 12.4. The Bertz CT molecular complexity index is 670. The number of carbonyl (C=O) groups excluding carboxylic acids is 1. The molecule has 24 heavy (non-hydrogen) atoms. The van der Waals surface area contributed by atoms with Crippen molar-refractivity contribution in [1.82, 2.24) is 14.8 Å². The molecule has 1 N–H and O–H groups in total. The number of rotatable bonds is 4. The minimum absolute atomic E-state index is 0.0655. The molecular weight excluding hydrogens is 304 g/mol. The van der Waals surface area contributed by atoms with Crippen LogP contribution < -0.4 is 10.1 Å². The van der Waals surface area contributed by atoms with E-state index in [4.69, 9.17) is 4.74 Å². The number of methoxy groups -OCH3 is 1. The molecule has 0 spiro atoms. The van der Waals surface area contributed by atoms with Gasteiger partial charge >= 0.3 is 6.03 Å². The van der Waals surface area contributed by atoms with Crippen LogP contribution in [0.5, 0.6) is 5.75 Å². The molecule has 1 aliphatic heterocycles. The Kier molecular flexibility index (Phi) is 5.28. The van der Waals surface area contributed by atoms with Crippen molar-refractivity contribution in [2.24, 2.45) is 0 Å². The van der Waals surface area contributed by atoms with Crippen LogP contribution >= 0.6 is 0 Å². The molecule has 0 atom stereocenters. The van der Waals surface area contributed by atoms with Crippen molar-refractivity contribution in [3.63, 3.8) is 0 Å². The number of hydrogen-bond donors (Lipinski definition) is 1. The van der Waals surface area contributed by atoms with Crippen LogP contribution in [0.1, 0.15) is 5.56 Å². The minimum atomic E-state index is -0.0655. The van der Waals surface area contributed by atoms with Crippen molar-refractivity contribution in [3.8, 4) is 5.75 Å². The topological polar surface area (TPSA) is 57.7 Å². The molecule has 0 aliphatic carbocycles. The number of amides is 2. The van der Waals surface area contributed by atoms with Gasteiger partial charge in [0.15, 0.2) is 0 Å². The molecule has 6 heteroatoms. The molecule has 3 rings (SSSR count). The van der Waals surface area contributed by atoms with Crippen molar-refractivity contribution < 1.29 is 9.53 Å². The van der Waals surface area contributed by atoms with Gasteiger partial charge < -0.3 is 15.0 Å². The highest BCUT2D eigenvalue weighted by atomic mass is 16.5. The molecule has 6 nitrogen and oxygen atoms in total. The molecule has 126 valence electrons. The summed E-state index contributed by atoms with van der Waals surface area (Å²) in [6.07, 6.45) is 3.67. The number of benzene rings is 1. The fourth-order valence-corrected chi connectivity index (χ4v) is 2.76. The van der Waals surface area contributed by atoms with Crippen LogP contribution in [0.15, 0.2) is 48.8 Å². The number of pyridine rings is 1. The quantitative estimate of drug-likeness (QED) is 0.937. The third-order valence-corrected chi connectivity index (χ3v) is 4.11. The average molecular weight is 326 g/mol. The summed E-state index contributed by atoms with van der Waals surface area (Å²) in [5.41, 5.74) is 1.95. The van der Waals surface area contributed by atoms with Crippen LogP contribution in [0, 0.1) is 0 Å². The predicted molar refractivity (Wildman–Crippen MR) is 93.1 cm³/mol. The molecule has 2 heterocycles. The zero-order valence-electron chi connectivity index (χ0n) is 13.8. The summed E-state index contributed by atoms with van der Waals surface area (Å²) in [7, 11) is 1.61. The van der Waals surface area contributed by atoms with Gasteiger partial charge in [0.2, 0.25) is 0 Å². The van der Waals surface area contributed by atoms with Crippen LogP contribution in [-0.4, -0.2) is 54.1 Å². The molecule has 1 saturated heterocycles. The number of nitrogens with one attached hydrogen (secondary N) is 1. The molecule has 0 radical (unpaired) electrons. The van der Waals surface area contributed by atoms with Crippen molar-refractivity contribution in [2.45, 2.75) is 6.54 Å². The zero-order valence-corrected chi connectivity index (χ0v) is 13.8. The summed E-state index contributed by atoms with van der Waals surface area (Å²) in [5.74, 6) is 0.731. The Morgan fingerprint density at radius 1 is 1.21 bits per heavy atom. The third kappa shape index (κ3) is 4.23. The molecule has 2 amide bonds. The standard InChI is InChI=1S/C18H22N4O2/c1-24-17-6-2-5-16(12-17)20-18(23)22-10-8-21(9-11-22)14-15-4-3-7-19-13-15/h2-7,12-13H,8-11,14H2,1H3,(H,20,23). The van der Waals surface area contributed by atoms with Crippen molar-refractivity contribution in [1.29, 1.82) is 0 Å². The van der Waals surface area contributed by atoms with Crippen molar-refractivity contribution >= 4 is 11.7 Å². The van der Waals surface area contributed by atoms with E-state index in [9.17, 15) is 4.79 Å². The number of nitrogens with zero attached hydrogens (tertiary/aromatic N) is 3. The molecule has 1 aliphatic rings. The highest BCUT2D eigenvalue weighted by molar-refractivity contribution is 5.89. The second-order valence-corrected chi connectivity index (χ2v) is 5.79. The number of urea groups is 1. The van der Waals surface area contributed by atoms with Crippen molar-refractivity contribution in [3.05, 3.63) is 54.4 Å². The zero-order chi connectivity index (χ0) is 16.8. The first-order chi connectivity index (χ1) is 11.7. The lowest BCUT2D eigenvalue weighted by Crippen LogP contribution is -2.49. The number of piperazine rings is 1. The van der Waals surface area contributed by atoms with Crippen LogP contribution in [0.4, 0.5) is 10.5 Å². The van der Waals surface area contributed by atoms with Crippen LogP contribution in [-0.2, 0) is 6.54 Å². The van der Waals surface area contributed by atoms with E-state index >= 15 is 0 Å². The Balaban J connectivity index is 1.49. The van der Waals surface area contributed by atoms with Gasteiger partial charge in [-0.2, -0.15) is 0 Å². The van der Waals surface area contributed by atoms with Gasteiger partial charge in [-0.05, 0) is 23.8 Å². The SMILES string of the molecule is COc1cccc(NC(=O)N2CCN(Cc3cccnc3)CC2)c1. The molecule has 2 aromatic rings. The smallest absolute Gasteiger partial charge is 0.321 e. The fourth-order valence-electron chi connectivity index (χ4n) is 2.76. The lowest BCUT2D eigenvalue weighted by atomic mass is 10.2. The van der Waals surface area contributed by atoms with Gasteiger partial charge in [-0.3, -0.25) is 9.88 Å². The summed E-state index contributed by atoms with van der Waals surface area (Å²) in [5, 5.41) is 2.93. The van der Waals surface area contributed by atoms with E-state index in [0.29, 0.717) is 0 Å². The molecule has 0 unspecified atom stereocenters. The second kappa shape index (κ2) is 7.79. The lowest BCUT2D eigenvalue weighted by molar-refractivity contribution is 0.143. The average Bonchev–Trinajstić information content (AvgIpc) is 2.63. The molecule has 1 fully saturated rings. The van der Waals surface area contributed by atoms with E-state index in [-0.39, 0.29) is 6.03 Å². The normalized spacial score (nSPS) is 15.1. The highest BCUT2D eigenvalue weighted by Crippen LogP contribution is 2.17. The molecular formula is C18H22N4O2. The lowest BCUT2D eigenvalue weighted by Gasteiger charge is -2.34. The number of ether oxygens (including phenoxy) is 1. The summed E-state index contributed by atoms with van der Waals surface area (Å²) in [6, 6.07) is 11.4. The van der Waals surface area contributed by atoms with Gasteiger partial charge in [0, 0.05) is 56.9 Å². The maximum Gasteiger partial charge on any atom is 0.321 e. The molecule has 1 aromatic carbocycles. The van der Waals surface area contributed by atoms with E-state index in [0.717, 1.165) is 44.2 Å². The first-order valence-electron chi connectivity index (χ1n) is 8.06. The van der Waals surface area contributed by atoms with E-state index < -0.39 is 0 Å². The summed E-state index contributed by atoms with van der Waals surface area (Å²) in [6.45, 7) is 4.03. The number of aromatic nitrogens is 1. The third-order valence-electron chi connectivity index (χ3n) is 4.11. The van der Waals surface area contributed by atoms with Crippen LogP contribution in [0.3, 0.4) is 0 Å². The van der Waals surface area contributed by atoms with E-state index in [2.05, 4.69) is 21.3 Å². The second-order valence-electron chi connectivity index (χ2n) is 5.79. The Labute approximate surface area is 142 Å². The molecule has 1 aromatic heterocycles. The summed E-state index contributed by atoms with van der Waals surface area (Å²) >= 11 is 0. The van der Waals surface area contributed by atoms with Crippen molar-refractivity contribution in [2.75, 3.05) is 38.6 Å². The number of anilines is 1. The van der Waals surface area contributed by atoms with Gasteiger partial charge in [-0.25, -0.2) is 4.79 Å². The fraction of sp³-hybridized carbons (Fsp3) is 0.333. The number of carbonyl (C=O) groups is 1.